The monoisotopic (exact) mass is 224 g/mol. The van der Waals surface area contributed by atoms with Crippen molar-refractivity contribution in [1.82, 2.24) is 15.1 Å². The molecule has 0 bridgehead atoms. The van der Waals surface area contributed by atoms with Crippen molar-refractivity contribution in [3.05, 3.63) is 17.0 Å². The van der Waals surface area contributed by atoms with E-state index in [1.54, 1.807) is 0 Å². The van der Waals surface area contributed by atoms with Gasteiger partial charge in [-0.25, -0.2) is 0 Å². The van der Waals surface area contributed by atoms with Gasteiger partial charge in [-0.1, -0.05) is 0 Å². The van der Waals surface area contributed by atoms with Crippen molar-refractivity contribution < 1.29 is 4.79 Å². The second-order valence-electron chi connectivity index (χ2n) is 4.23. The van der Waals surface area contributed by atoms with E-state index < -0.39 is 0 Å². The number of aromatic nitrogens is 2. The van der Waals surface area contributed by atoms with Crippen molar-refractivity contribution in [1.29, 1.82) is 0 Å². The fourth-order valence-corrected chi connectivity index (χ4v) is 1.62. The van der Waals surface area contributed by atoms with Crippen LogP contribution in [0.15, 0.2) is 0 Å². The van der Waals surface area contributed by atoms with E-state index in [0.717, 1.165) is 17.0 Å². The molecule has 0 spiro atoms. The van der Waals surface area contributed by atoms with Gasteiger partial charge in [0.25, 0.3) is 0 Å². The van der Waals surface area contributed by atoms with Crippen LogP contribution in [-0.4, -0.2) is 21.7 Å². The minimum atomic E-state index is -0.101. The number of carbonyl (C=O) groups is 1. The number of nitrogens with two attached hydrogens (primary N) is 1. The molecule has 1 unspecified atom stereocenters. The first-order valence-corrected chi connectivity index (χ1v) is 5.43. The summed E-state index contributed by atoms with van der Waals surface area (Å²) in [6.45, 7) is 6.28. The predicted molar refractivity (Wildman–Crippen MR) is 62.8 cm³/mol. The highest BCUT2D eigenvalue weighted by Crippen LogP contribution is 2.11. The minimum absolute atomic E-state index is 0.0161. The van der Waals surface area contributed by atoms with E-state index in [4.69, 9.17) is 5.73 Å². The molecule has 0 aliphatic rings. The van der Waals surface area contributed by atoms with Gasteiger partial charge in [0, 0.05) is 37.3 Å². The largest absolute Gasteiger partial charge is 0.352 e. The van der Waals surface area contributed by atoms with Crippen LogP contribution in [0.3, 0.4) is 0 Å². The van der Waals surface area contributed by atoms with Crippen LogP contribution in [0, 0.1) is 13.8 Å². The highest BCUT2D eigenvalue weighted by atomic mass is 16.1. The Bertz CT molecular complexity index is 382. The normalized spacial score (nSPS) is 12.6. The molecule has 90 valence electrons. The Balaban J connectivity index is 2.58. The summed E-state index contributed by atoms with van der Waals surface area (Å²) in [6, 6.07) is -0.101. The number of nitrogens with one attached hydrogen (secondary N) is 1. The van der Waals surface area contributed by atoms with Crippen LogP contribution in [0.25, 0.3) is 0 Å². The number of aryl methyl sites for hydroxylation is 2. The van der Waals surface area contributed by atoms with Gasteiger partial charge < -0.3 is 11.1 Å². The summed E-state index contributed by atoms with van der Waals surface area (Å²) in [7, 11) is 1.90. The summed E-state index contributed by atoms with van der Waals surface area (Å²) in [5.74, 6) is -0.0161. The van der Waals surface area contributed by atoms with Gasteiger partial charge >= 0.3 is 0 Å². The van der Waals surface area contributed by atoms with Gasteiger partial charge in [0.15, 0.2) is 0 Å². The Morgan fingerprint density at radius 1 is 1.56 bits per heavy atom. The van der Waals surface area contributed by atoms with Gasteiger partial charge in [0.05, 0.1) is 5.69 Å². The standard InChI is InChI=1S/C11H20N4O/c1-7(12)5-11(16)13-6-10-8(2)14-15(4)9(10)3/h7H,5-6,12H2,1-4H3,(H,13,16). The quantitative estimate of drug-likeness (QED) is 0.777. The second kappa shape index (κ2) is 5.12. The molecule has 0 saturated heterocycles. The lowest BCUT2D eigenvalue weighted by Gasteiger charge is -2.07. The third kappa shape index (κ3) is 3.06. The zero-order valence-electron chi connectivity index (χ0n) is 10.4. The Labute approximate surface area is 96.0 Å². The van der Waals surface area contributed by atoms with Crippen LogP contribution >= 0.6 is 0 Å². The molecule has 1 amide bonds. The third-order valence-corrected chi connectivity index (χ3v) is 2.63. The van der Waals surface area contributed by atoms with Gasteiger partial charge in [-0.15, -0.1) is 0 Å². The maximum atomic E-state index is 11.4. The molecule has 0 saturated carbocycles. The lowest BCUT2D eigenvalue weighted by Crippen LogP contribution is -2.29. The van der Waals surface area contributed by atoms with Crippen molar-refractivity contribution in [2.24, 2.45) is 12.8 Å². The highest BCUT2D eigenvalue weighted by Gasteiger charge is 2.11. The Morgan fingerprint density at radius 2 is 2.19 bits per heavy atom. The van der Waals surface area contributed by atoms with Gasteiger partial charge in [-0.05, 0) is 20.8 Å². The summed E-state index contributed by atoms with van der Waals surface area (Å²) >= 11 is 0. The summed E-state index contributed by atoms with van der Waals surface area (Å²) in [4.78, 5) is 11.4. The van der Waals surface area contributed by atoms with E-state index in [1.165, 1.54) is 0 Å². The Hall–Kier alpha value is -1.36. The van der Waals surface area contributed by atoms with Gasteiger partial charge in [0.2, 0.25) is 5.91 Å². The van der Waals surface area contributed by atoms with Crippen LogP contribution in [0.4, 0.5) is 0 Å². The van der Waals surface area contributed by atoms with Crippen molar-refractivity contribution in [2.45, 2.75) is 39.8 Å². The molecule has 1 aromatic rings. The molecule has 0 aliphatic heterocycles. The number of amides is 1. The predicted octanol–water partition coefficient (Wildman–Crippen LogP) is 0.390. The molecule has 0 aromatic carbocycles. The van der Waals surface area contributed by atoms with Crippen molar-refractivity contribution >= 4 is 5.91 Å². The molecular weight excluding hydrogens is 204 g/mol. The third-order valence-electron chi connectivity index (χ3n) is 2.63. The summed E-state index contributed by atoms with van der Waals surface area (Å²) in [6.07, 6.45) is 0.359. The molecule has 5 nitrogen and oxygen atoms in total. The van der Waals surface area contributed by atoms with E-state index in [-0.39, 0.29) is 11.9 Å². The molecule has 16 heavy (non-hydrogen) atoms. The van der Waals surface area contributed by atoms with E-state index in [0.29, 0.717) is 13.0 Å². The molecule has 1 atom stereocenters. The smallest absolute Gasteiger partial charge is 0.221 e. The lowest BCUT2D eigenvalue weighted by molar-refractivity contribution is -0.121. The average Bonchev–Trinajstić information content (AvgIpc) is 2.38. The molecule has 0 aliphatic carbocycles. The highest BCUT2D eigenvalue weighted by molar-refractivity contribution is 5.76. The van der Waals surface area contributed by atoms with Crippen LogP contribution in [0.5, 0.6) is 0 Å². The summed E-state index contributed by atoms with van der Waals surface area (Å²) in [5, 5.41) is 7.14. The van der Waals surface area contributed by atoms with E-state index in [1.807, 2.05) is 32.5 Å². The fourth-order valence-electron chi connectivity index (χ4n) is 1.62. The van der Waals surface area contributed by atoms with Crippen LogP contribution in [0.2, 0.25) is 0 Å². The number of hydrogen-bond donors (Lipinski definition) is 2. The molecule has 0 fully saturated rings. The SMILES string of the molecule is Cc1nn(C)c(C)c1CNC(=O)CC(C)N. The zero-order chi connectivity index (χ0) is 12.3. The topological polar surface area (TPSA) is 72.9 Å². The van der Waals surface area contributed by atoms with Crippen LogP contribution in [0.1, 0.15) is 30.3 Å². The number of rotatable bonds is 4. The average molecular weight is 224 g/mol. The molecule has 0 radical (unpaired) electrons. The van der Waals surface area contributed by atoms with E-state index >= 15 is 0 Å². The maximum absolute atomic E-state index is 11.4. The first kappa shape index (κ1) is 12.7. The van der Waals surface area contributed by atoms with Crippen LogP contribution < -0.4 is 11.1 Å². The first-order valence-electron chi connectivity index (χ1n) is 5.43. The zero-order valence-corrected chi connectivity index (χ0v) is 10.4. The van der Waals surface area contributed by atoms with Crippen LogP contribution in [-0.2, 0) is 18.4 Å². The molecule has 1 heterocycles. The van der Waals surface area contributed by atoms with Crippen molar-refractivity contribution in [3.63, 3.8) is 0 Å². The lowest BCUT2D eigenvalue weighted by atomic mass is 10.2. The molecule has 3 N–H and O–H groups in total. The number of nitrogens with zero attached hydrogens (tertiary/aromatic N) is 2. The van der Waals surface area contributed by atoms with E-state index in [9.17, 15) is 4.79 Å². The maximum Gasteiger partial charge on any atom is 0.221 e. The van der Waals surface area contributed by atoms with Gasteiger partial charge in [-0.3, -0.25) is 9.48 Å². The second-order valence-corrected chi connectivity index (χ2v) is 4.23. The Kier molecular flexibility index (Phi) is 4.06. The minimum Gasteiger partial charge on any atom is -0.352 e. The molecule has 1 aromatic heterocycles. The molecule has 1 rings (SSSR count). The van der Waals surface area contributed by atoms with E-state index in [2.05, 4.69) is 10.4 Å². The number of hydrogen-bond acceptors (Lipinski definition) is 3. The molecule has 5 heteroatoms. The van der Waals surface area contributed by atoms with Gasteiger partial charge in [-0.2, -0.15) is 5.10 Å². The fraction of sp³-hybridized carbons (Fsp3) is 0.636. The summed E-state index contributed by atoms with van der Waals surface area (Å²) in [5.41, 5.74) is 8.67. The van der Waals surface area contributed by atoms with Gasteiger partial charge in [0.1, 0.15) is 0 Å². The number of carbonyl (C=O) groups excluding carboxylic acids is 1. The Morgan fingerprint density at radius 3 is 2.62 bits per heavy atom. The van der Waals surface area contributed by atoms with Crippen molar-refractivity contribution in [2.75, 3.05) is 0 Å². The summed E-state index contributed by atoms with van der Waals surface area (Å²) < 4.78 is 1.82. The van der Waals surface area contributed by atoms with Crippen molar-refractivity contribution in [3.8, 4) is 0 Å². The first-order chi connectivity index (χ1) is 7.41. The molecular formula is C11H20N4O.